The molecule has 2 saturated heterocycles. The second-order valence-electron chi connectivity index (χ2n) is 18.0. The summed E-state index contributed by atoms with van der Waals surface area (Å²) in [5, 5.41) is 11.3. The molecule has 5 N–H and O–H groups in total. The van der Waals surface area contributed by atoms with Crippen LogP contribution in [0.3, 0.4) is 0 Å². The molecule has 17 heteroatoms. The number of anilines is 2. The normalized spacial score (nSPS) is 16.9. The second kappa shape index (κ2) is 23.3. The van der Waals surface area contributed by atoms with Gasteiger partial charge in [0.1, 0.15) is 29.3 Å². The molecule has 4 heterocycles. The van der Waals surface area contributed by atoms with Gasteiger partial charge in [0.2, 0.25) is 29.5 Å². The molecule has 2 atom stereocenters. The van der Waals surface area contributed by atoms with E-state index in [4.69, 9.17) is 0 Å². The van der Waals surface area contributed by atoms with Gasteiger partial charge in [0.15, 0.2) is 0 Å². The lowest BCUT2D eigenvalue weighted by atomic mass is 10.0. The van der Waals surface area contributed by atoms with Crippen LogP contribution in [0, 0.1) is 17.6 Å². The first-order valence-electron chi connectivity index (χ1n) is 24.0. The molecule has 2 fully saturated rings. The highest BCUT2D eigenvalue weighted by molar-refractivity contribution is 6.26. The van der Waals surface area contributed by atoms with Gasteiger partial charge in [-0.1, -0.05) is 83.1 Å². The van der Waals surface area contributed by atoms with Crippen LogP contribution in [0.1, 0.15) is 152 Å². The van der Waals surface area contributed by atoms with Crippen LogP contribution >= 0.6 is 0 Å². The number of aromatic nitrogens is 1. The molecular formula is C51H59F2N7O8. The topological polar surface area (TPSA) is 207 Å². The third kappa shape index (κ3) is 12.4. The number of H-pyrrole nitrogens is 1. The van der Waals surface area contributed by atoms with Gasteiger partial charge in [0.05, 0.1) is 16.8 Å². The third-order valence-corrected chi connectivity index (χ3v) is 12.9. The van der Waals surface area contributed by atoms with E-state index in [1.807, 2.05) is 6.07 Å². The summed E-state index contributed by atoms with van der Waals surface area (Å²) in [4.78, 5) is 108. The van der Waals surface area contributed by atoms with Crippen molar-refractivity contribution in [2.75, 3.05) is 23.3 Å². The molecule has 0 saturated carbocycles. The van der Waals surface area contributed by atoms with E-state index in [-0.39, 0.29) is 59.5 Å². The summed E-state index contributed by atoms with van der Waals surface area (Å²) in [6.07, 6.45) is 15.8. The monoisotopic (exact) mass is 935 g/mol. The van der Waals surface area contributed by atoms with Crippen LogP contribution in [0.25, 0.3) is 10.9 Å². The van der Waals surface area contributed by atoms with E-state index in [0.717, 1.165) is 85.4 Å². The highest BCUT2D eigenvalue weighted by atomic mass is 19.1. The lowest BCUT2D eigenvalue weighted by Crippen LogP contribution is -2.54. The Kier molecular flexibility index (Phi) is 16.8. The zero-order chi connectivity index (χ0) is 48.2. The Morgan fingerprint density at radius 3 is 2.04 bits per heavy atom. The molecule has 7 rings (SSSR count). The summed E-state index contributed by atoms with van der Waals surface area (Å²) in [5.74, 6) is -6.09. The third-order valence-electron chi connectivity index (χ3n) is 12.9. The number of carbonyl (C=O) groups excluding carboxylic acids is 8. The Hall–Kier alpha value is -6.78. The number of rotatable bonds is 24. The summed E-state index contributed by atoms with van der Waals surface area (Å²) >= 11 is 0. The zero-order valence-electron chi connectivity index (χ0n) is 38.2. The minimum atomic E-state index is -1.07. The quantitative estimate of drug-likeness (QED) is 0.0266. The van der Waals surface area contributed by atoms with Crippen molar-refractivity contribution in [3.8, 4) is 0 Å². The van der Waals surface area contributed by atoms with Crippen LogP contribution in [0.5, 0.6) is 0 Å². The van der Waals surface area contributed by atoms with E-state index in [0.29, 0.717) is 43.7 Å². The van der Waals surface area contributed by atoms with Gasteiger partial charge in [0.25, 0.3) is 17.7 Å². The maximum atomic E-state index is 13.5. The molecule has 3 aliphatic heterocycles. The van der Waals surface area contributed by atoms with Crippen molar-refractivity contribution in [3.63, 3.8) is 0 Å². The van der Waals surface area contributed by atoms with E-state index in [2.05, 4.69) is 26.3 Å². The molecular weight excluding hydrogens is 877 g/mol. The fourth-order valence-corrected chi connectivity index (χ4v) is 9.28. The van der Waals surface area contributed by atoms with E-state index in [1.165, 1.54) is 38.2 Å². The average Bonchev–Trinajstić information content (AvgIpc) is 3.99. The minimum absolute atomic E-state index is 0.0317. The number of halogens is 2. The van der Waals surface area contributed by atoms with Crippen molar-refractivity contribution in [1.29, 1.82) is 0 Å². The molecule has 4 aromatic rings. The molecule has 0 bridgehead atoms. The van der Waals surface area contributed by atoms with Crippen LogP contribution in [0.15, 0.2) is 60.7 Å². The number of nitrogens with one attached hydrogen (secondary N) is 5. The first kappa shape index (κ1) is 49.1. The molecule has 0 aliphatic carbocycles. The van der Waals surface area contributed by atoms with Gasteiger partial charge in [0, 0.05) is 55.1 Å². The van der Waals surface area contributed by atoms with Crippen LogP contribution in [-0.2, 0) is 30.5 Å². The predicted octanol–water partition coefficient (Wildman–Crippen LogP) is 7.74. The highest BCUT2D eigenvalue weighted by Gasteiger charge is 2.46. The van der Waals surface area contributed by atoms with Gasteiger partial charge < -0.3 is 25.8 Å². The molecule has 8 amide bonds. The fraction of sp³-hybridized carbons (Fsp3) is 0.451. The van der Waals surface area contributed by atoms with Crippen LogP contribution in [-0.4, -0.2) is 76.3 Å². The van der Waals surface area contributed by atoms with E-state index in [1.54, 1.807) is 35.2 Å². The number of aromatic amines is 1. The Morgan fingerprint density at radius 1 is 0.706 bits per heavy atom. The van der Waals surface area contributed by atoms with Crippen molar-refractivity contribution < 1.29 is 47.1 Å². The lowest BCUT2D eigenvalue weighted by molar-refractivity contribution is -0.136. The standard InChI is InChI=1S/C51H59F2N7O8/c52-34-26-32(27-35(53)30-34)31-55-46(63)38-23-25-59(49(38)66)36-19-20-39-33(28-36)29-41(56-39)47(64)54-24-14-12-10-8-6-4-2-1-3-5-7-9-11-13-18-43(61)57-40-17-15-16-37-45(40)51(68)60(50(37)67)42-21-22-44(62)58-48(42)65/h15-17,19-20,26-30,38,42,56H,1-14,18,21-25,31H2,(H,54,64)(H,55,63)(H,57,61)(H,58,62,65)/t38-,42?/m1/s1. The second-order valence-corrected chi connectivity index (χ2v) is 18.0. The molecule has 3 aliphatic rings. The summed E-state index contributed by atoms with van der Waals surface area (Å²) in [6, 6.07) is 13.7. The lowest BCUT2D eigenvalue weighted by Gasteiger charge is -2.27. The van der Waals surface area contributed by atoms with Crippen LogP contribution < -0.4 is 26.2 Å². The molecule has 15 nitrogen and oxygen atoms in total. The molecule has 3 aromatic carbocycles. The molecule has 0 radical (unpaired) electrons. The van der Waals surface area contributed by atoms with E-state index in [9.17, 15) is 47.1 Å². The molecule has 68 heavy (non-hydrogen) atoms. The van der Waals surface area contributed by atoms with E-state index >= 15 is 0 Å². The van der Waals surface area contributed by atoms with Gasteiger partial charge in [-0.2, -0.15) is 0 Å². The van der Waals surface area contributed by atoms with Crippen molar-refractivity contribution in [1.82, 2.24) is 25.8 Å². The zero-order valence-corrected chi connectivity index (χ0v) is 38.2. The van der Waals surface area contributed by atoms with Crippen molar-refractivity contribution in [2.45, 2.75) is 128 Å². The maximum absolute atomic E-state index is 13.5. The number of nitrogens with zero attached hydrogens (tertiary/aromatic N) is 2. The Balaban J connectivity index is 0.683. The number of piperidine rings is 1. The van der Waals surface area contributed by atoms with Crippen molar-refractivity contribution in [2.24, 2.45) is 5.92 Å². The average molecular weight is 936 g/mol. The highest BCUT2D eigenvalue weighted by Crippen LogP contribution is 2.33. The number of hydrogen-bond acceptors (Lipinski definition) is 8. The smallest absolute Gasteiger partial charge is 0.267 e. The molecule has 1 unspecified atom stereocenters. The van der Waals surface area contributed by atoms with Gasteiger partial charge in [-0.3, -0.25) is 48.6 Å². The number of amides is 8. The number of carbonyl (C=O) groups is 8. The molecule has 1 aromatic heterocycles. The first-order chi connectivity index (χ1) is 32.9. The summed E-state index contributed by atoms with van der Waals surface area (Å²) < 4.78 is 27.1. The van der Waals surface area contributed by atoms with Crippen LogP contribution in [0.2, 0.25) is 0 Å². The van der Waals surface area contributed by atoms with Gasteiger partial charge in [-0.25, -0.2) is 8.78 Å². The number of benzene rings is 3. The SMILES string of the molecule is O=C1CCC(N2C(=O)c3cccc(NC(=O)CCCCCCCCCCCCCCCCNC(=O)c4cc5cc(N6CC[C@H](C(=O)NCc7cc(F)cc(F)c7)C6=O)ccc5[nH]4)c3C2=O)C(=O)N1. The minimum Gasteiger partial charge on any atom is -0.351 e. The van der Waals surface area contributed by atoms with Crippen LogP contribution in [0.4, 0.5) is 20.2 Å². The fourth-order valence-electron chi connectivity index (χ4n) is 9.28. The number of imide groups is 2. The van der Waals surface area contributed by atoms with Crippen molar-refractivity contribution >= 4 is 69.5 Å². The summed E-state index contributed by atoms with van der Waals surface area (Å²) in [6.45, 7) is 0.810. The number of fused-ring (bicyclic) bond motifs is 2. The molecule has 0 spiro atoms. The van der Waals surface area contributed by atoms with E-state index < -0.39 is 53.1 Å². The maximum Gasteiger partial charge on any atom is 0.267 e. The van der Waals surface area contributed by atoms with Crippen molar-refractivity contribution in [3.05, 3.63) is 94.7 Å². The van der Waals surface area contributed by atoms with Gasteiger partial charge in [-0.05, 0) is 79.8 Å². The Labute approximate surface area is 393 Å². The largest absolute Gasteiger partial charge is 0.351 e. The number of unbranched alkanes of at least 4 members (excludes halogenated alkanes) is 13. The molecule has 360 valence electrons. The summed E-state index contributed by atoms with van der Waals surface area (Å²) in [7, 11) is 0. The first-order valence-corrected chi connectivity index (χ1v) is 24.0. The Morgan fingerprint density at radius 2 is 1.37 bits per heavy atom. The van der Waals surface area contributed by atoms with Gasteiger partial charge in [-0.15, -0.1) is 0 Å². The summed E-state index contributed by atoms with van der Waals surface area (Å²) in [5.41, 5.74) is 2.49. The predicted molar refractivity (Wildman–Crippen MR) is 250 cm³/mol. The van der Waals surface area contributed by atoms with Gasteiger partial charge >= 0.3 is 0 Å². The number of hydrogen-bond donors (Lipinski definition) is 5. The Bertz CT molecular complexity index is 2540.